The Morgan fingerprint density at radius 2 is 1.93 bits per heavy atom. The van der Waals surface area contributed by atoms with Crippen LogP contribution >= 0.6 is 11.6 Å². The maximum Gasteiger partial charge on any atom is 0.320 e. The number of hydrogen-bond acceptors (Lipinski definition) is 4. The average Bonchev–Trinajstić information content (AvgIpc) is 2.69. The SMILES string of the molecule is CCNC(=O)Nc1cc(-c2cccnc2)c(C(=O)Nc2cccc(Cl)c2)cn1. The molecule has 0 bridgehead atoms. The summed E-state index contributed by atoms with van der Waals surface area (Å²) < 4.78 is 0. The number of benzene rings is 1. The van der Waals surface area contributed by atoms with Gasteiger partial charge >= 0.3 is 6.03 Å². The Morgan fingerprint density at radius 1 is 1.07 bits per heavy atom. The second kappa shape index (κ2) is 8.96. The minimum atomic E-state index is -0.372. The van der Waals surface area contributed by atoms with Crippen molar-refractivity contribution in [1.82, 2.24) is 15.3 Å². The fraction of sp³-hybridized carbons (Fsp3) is 0.100. The molecule has 0 atom stereocenters. The molecule has 2 heterocycles. The summed E-state index contributed by atoms with van der Waals surface area (Å²) in [5, 5.41) is 8.60. The molecule has 8 heteroatoms. The second-order valence-electron chi connectivity index (χ2n) is 5.81. The van der Waals surface area contributed by atoms with E-state index in [9.17, 15) is 9.59 Å². The van der Waals surface area contributed by atoms with Crippen LogP contribution < -0.4 is 16.0 Å². The van der Waals surface area contributed by atoms with Gasteiger partial charge < -0.3 is 10.6 Å². The van der Waals surface area contributed by atoms with E-state index in [1.807, 2.05) is 13.0 Å². The molecule has 0 saturated carbocycles. The van der Waals surface area contributed by atoms with Gasteiger partial charge in [0.15, 0.2) is 0 Å². The molecule has 0 aliphatic carbocycles. The molecule has 28 heavy (non-hydrogen) atoms. The number of hydrogen-bond donors (Lipinski definition) is 3. The van der Waals surface area contributed by atoms with E-state index < -0.39 is 0 Å². The van der Waals surface area contributed by atoms with Crippen LogP contribution in [0.3, 0.4) is 0 Å². The summed E-state index contributed by atoms with van der Waals surface area (Å²) in [5.41, 5.74) is 2.23. The van der Waals surface area contributed by atoms with Crippen LogP contribution in [0.4, 0.5) is 16.3 Å². The summed E-state index contributed by atoms with van der Waals surface area (Å²) in [6.07, 6.45) is 4.70. The van der Waals surface area contributed by atoms with E-state index in [2.05, 4.69) is 25.9 Å². The van der Waals surface area contributed by atoms with Gasteiger partial charge in [-0.3, -0.25) is 15.1 Å². The Morgan fingerprint density at radius 3 is 2.64 bits per heavy atom. The highest BCUT2D eigenvalue weighted by Gasteiger charge is 2.16. The van der Waals surface area contributed by atoms with Gasteiger partial charge in [-0.25, -0.2) is 9.78 Å². The lowest BCUT2D eigenvalue weighted by Crippen LogP contribution is -2.28. The maximum atomic E-state index is 12.8. The highest BCUT2D eigenvalue weighted by molar-refractivity contribution is 6.31. The predicted octanol–water partition coefficient (Wildman–Crippen LogP) is 4.19. The zero-order valence-electron chi connectivity index (χ0n) is 15.1. The van der Waals surface area contributed by atoms with Crippen LogP contribution in [-0.2, 0) is 0 Å². The van der Waals surface area contributed by atoms with Gasteiger partial charge in [0.2, 0.25) is 0 Å². The topological polar surface area (TPSA) is 96.0 Å². The monoisotopic (exact) mass is 395 g/mol. The number of aromatic nitrogens is 2. The molecule has 1 aromatic carbocycles. The van der Waals surface area contributed by atoms with E-state index in [1.165, 1.54) is 6.20 Å². The third-order valence-electron chi connectivity index (χ3n) is 3.78. The van der Waals surface area contributed by atoms with Crippen LogP contribution in [0.1, 0.15) is 17.3 Å². The highest BCUT2D eigenvalue weighted by atomic mass is 35.5. The van der Waals surface area contributed by atoms with E-state index in [1.54, 1.807) is 48.8 Å². The lowest BCUT2D eigenvalue weighted by atomic mass is 10.0. The third kappa shape index (κ3) is 4.83. The number of nitrogens with zero attached hydrogens (tertiary/aromatic N) is 2. The molecule has 0 radical (unpaired) electrons. The first-order chi connectivity index (χ1) is 13.6. The second-order valence-corrected chi connectivity index (χ2v) is 6.24. The number of anilines is 2. The number of urea groups is 1. The molecule has 0 aliphatic rings. The summed E-state index contributed by atoms with van der Waals surface area (Å²) in [6, 6.07) is 11.7. The van der Waals surface area contributed by atoms with Crippen LogP contribution in [-0.4, -0.2) is 28.5 Å². The number of nitrogens with one attached hydrogen (secondary N) is 3. The Kier molecular flexibility index (Phi) is 6.18. The van der Waals surface area contributed by atoms with Crippen LogP contribution in [0, 0.1) is 0 Å². The van der Waals surface area contributed by atoms with Gasteiger partial charge in [-0.05, 0) is 37.3 Å². The van der Waals surface area contributed by atoms with Crippen LogP contribution in [0.5, 0.6) is 0 Å². The van der Waals surface area contributed by atoms with Crippen molar-refractivity contribution >= 4 is 35.0 Å². The van der Waals surface area contributed by atoms with Crippen molar-refractivity contribution < 1.29 is 9.59 Å². The zero-order chi connectivity index (χ0) is 19.9. The number of carbonyl (C=O) groups is 2. The molecule has 0 spiro atoms. The molecule has 0 fully saturated rings. The Balaban J connectivity index is 1.95. The first-order valence-corrected chi connectivity index (χ1v) is 8.97. The van der Waals surface area contributed by atoms with Crippen molar-refractivity contribution in [3.8, 4) is 11.1 Å². The van der Waals surface area contributed by atoms with Crippen LogP contribution in [0.25, 0.3) is 11.1 Å². The van der Waals surface area contributed by atoms with E-state index in [-0.39, 0.29) is 11.9 Å². The Labute approximate surface area is 167 Å². The predicted molar refractivity (Wildman–Crippen MR) is 110 cm³/mol. The molecule has 0 aliphatic heterocycles. The molecule has 2 aromatic heterocycles. The van der Waals surface area contributed by atoms with E-state index >= 15 is 0 Å². The number of halogens is 1. The van der Waals surface area contributed by atoms with Crippen molar-refractivity contribution in [3.63, 3.8) is 0 Å². The van der Waals surface area contributed by atoms with E-state index in [0.717, 1.165) is 5.56 Å². The zero-order valence-corrected chi connectivity index (χ0v) is 15.8. The summed E-state index contributed by atoms with van der Waals surface area (Å²) in [7, 11) is 0. The molecule has 7 nitrogen and oxygen atoms in total. The fourth-order valence-electron chi connectivity index (χ4n) is 2.55. The first-order valence-electron chi connectivity index (χ1n) is 8.59. The Hall–Kier alpha value is -3.45. The van der Waals surface area contributed by atoms with E-state index in [4.69, 9.17) is 11.6 Å². The summed E-state index contributed by atoms with van der Waals surface area (Å²) in [4.78, 5) is 32.9. The van der Waals surface area contributed by atoms with Gasteiger partial charge in [-0.2, -0.15) is 0 Å². The lowest BCUT2D eigenvalue weighted by Gasteiger charge is -2.13. The Bertz CT molecular complexity index is 995. The minimum absolute atomic E-state index is 0.323. The molecule has 3 N–H and O–H groups in total. The number of rotatable bonds is 5. The summed E-state index contributed by atoms with van der Waals surface area (Å²) in [5.74, 6) is -0.0257. The van der Waals surface area contributed by atoms with E-state index in [0.29, 0.717) is 34.2 Å². The highest BCUT2D eigenvalue weighted by Crippen LogP contribution is 2.26. The van der Waals surface area contributed by atoms with Crippen molar-refractivity contribution in [2.24, 2.45) is 0 Å². The van der Waals surface area contributed by atoms with Gasteiger partial charge in [-0.15, -0.1) is 0 Å². The first kappa shape index (κ1) is 19.3. The molecule has 142 valence electrons. The summed E-state index contributed by atoms with van der Waals surface area (Å²) in [6.45, 7) is 2.30. The molecular formula is C20H18ClN5O2. The quantitative estimate of drug-likeness (QED) is 0.603. The van der Waals surface area contributed by atoms with Gasteiger partial charge in [0.05, 0.1) is 5.56 Å². The fourth-order valence-corrected chi connectivity index (χ4v) is 2.74. The largest absolute Gasteiger partial charge is 0.338 e. The van der Waals surface area contributed by atoms with Crippen molar-refractivity contribution in [1.29, 1.82) is 0 Å². The molecule has 0 unspecified atom stereocenters. The van der Waals surface area contributed by atoms with Gasteiger partial charge in [0.25, 0.3) is 5.91 Å². The molecular weight excluding hydrogens is 378 g/mol. The lowest BCUT2D eigenvalue weighted by molar-refractivity contribution is 0.102. The number of amides is 3. The van der Waals surface area contributed by atoms with Crippen LogP contribution in [0.15, 0.2) is 61.1 Å². The standard InChI is InChI=1S/C20H18ClN5O2/c1-2-23-20(28)26-18-10-16(13-5-4-8-22-11-13)17(12-24-18)19(27)25-15-7-3-6-14(21)9-15/h3-12H,2H2,1H3,(H,25,27)(H2,23,24,26,28). The van der Waals surface area contributed by atoms with Crippen molar-refractivity contribution in [3.05, 3.63) is 71.6 Å². The smallest absolute Gasteiger partial charge is 0.320 e. The normalized spacial score (nSPS) is 10.2. The summed E-state index contributed by atoms with van der Waals surface area (Å²) >= 11 is 5.98. The van der Waals surface area contributed by atoms with Crippen LogP contribution in [0.2, 0.25) is 5.02 Å². The third-order valence-corrected chi connectivity index (χ3v) is 4.02. The van der Waals surface area contributed by atoms with Gasteiger partial charge in [0, 0.05) is 47.0 Å². The van der Waals surface area contributed by atoms with Crippen molar-refractivity contribution in [2.45, 2.75) is 6.92 Å². The van der Waals surface area contributed by atoms with Gasteiger partial charge in [0.1, 0.15) is 5.82 Å². The molecule has 3 aromatic rings. The van der Waals surface area contributed by atoms with Crippen molar-refractivity contribution in [2.75, 3.05) is 17.2 Å². The molecule has 3 amide bonds. The molecule has 0 saturated heterocycles. The molecule has 3 rings (SSSR count). The minimum Gasteiger partial charge on any atom is -0.338 e. The number of carbonyl (C=O) groups excluding carboxylic acids is 2. The van der Waals surface area contributed by atoms with Gasteiger partial charge in [-0.1, -0.05) is 23.7 Å². The average molecular weight is 396 g/mol. The number of pyridine rings is 2. The maximum absolute atomic E-state index is 12.8.